The molecule has 2 aromatic rings. The van der Waals surface area contributed by atoms with Crippen molar-refractivity contribution in [1.29, 1.82) is 0 Å². The van der Waals surface area contributed by atoms with Gasteiger partial charge in [0.05, 0.1) is 6.61 Å². The molecule has 0 fully saturated rings. The molecule has 0 radical (unpaired) electrons. The fourth-order valence-corrected chi connectivity index (χ4v) is 2.25. The molecule has 1 aromatic carbocycles. The number of hydrogen-bond donors (Lipinski definition) is 2. The predicted molar refractivity (Wildman–Crippen MR) is 75.0 cm³/mol. The third-order valence-electron chi connectivity index (χ3n) is 2.38. The van der Waals surface area contributed by atoms with E-state index in [1.165, 1.54) is 18.7 Å². The Balaban J connectivity index is 2.04. The Morgan fingerprint density at radius 2 is 2.00 bits per heavy atom. The van der Waals surface area contributed by atoms with Crippen molar-refractivity contribution in [3.05, 3.63) is 48.2 Å². The van der Waals surface area contributed by atoms with Crippen molar-refractivity contribution in [2.24, 2.45) is 0 Å². The minimum absolute atomic E-state index is 0.00333. The summed E-state index contributed by atoms with van der Waals surface area (Å²) < 4.78 is 0. The Labute approximate surface area is 115 Å². The molecule has 2 N–H and O–H groups in total. The van der Waals surface area contributed by atoms with Gasteiger partial charge < -0.3 is 10.4 Å². The summed E-state index contributed by atoms with van der Waals surface area (Å²) in [6, 6.07) is 11.3. The van der Waals surface area contributed by atoms with Gasteiger partial charge >= 0.3 is 0 Å². The minimum Gasteiger partial charge on any atom is -0.392 e. The highest BCUT2D eigenvalue weighted by Gasteiger charge is 2.00. The van der Waals surface area contributed by atoms with E-state index in [9.17, 15) is 4.79 Å². The highest BCUT2D eigenvalue weighted by molar-refractivity contribution is 7.99. The Morgan fingerprint density at radius 3 is 2.53 bits per heavy atom. The van der Waals surface area contributed by atoms with E-state index in [1.807, 2.05) is 36.4 Å². The lowest BCUT2D eigenvalue weighted by Crippen LogP contribution is -2.05. The van der Waals surface area contributed by atoms with Crippen LogP contribution in [0.25, 0.3) is 0 Å². The fourth-order valence-electron chi connectivity index (χ4n) is 1.50. The number of aliphatic hydroxyl groups excluding tert-OH is 1. The lowest BCUT2D eigenvalue weighted by atomic mass is 10.3. The van der Waals surface area contributed by atoms with E-state index in [0.717, 1.165) is 21.2 Å². The van der Waals surface area contributed by atoms with Gasteiger partial charge in [-0.05, 0) is 35.9 Å². The average Bonchev–Trinajstić information content (AvgIpc) is 2.41. The number of carbonyl (C=O) groups is 1. The lowest BCUT2D eigenvalue weighted by Gasteiger charge is -2.04. The lowest BCUT2D eigenvalue weighted by molar-refractivity contribution is -0.114. The van der Waals surface area contributed by atoms with Crippen molar-refractivity contribution in [1.82, 2.24) is 4.98 Å². The largest absolute Gasteiger partial charge is 0.392 e. The molecule has 4 nitrogen and oxygen atoms in total. The Hall–Kier alpha value is -1.85. The first-order chi connectivity index (χ1) is 9.17. The van der Waals surface area contributed by atoms with Crippen molar-refractivity contribution >= 4 is 23.4 Å². The van der Waals surface area contributed by atoms with Crippen LogP contribution in [0.2, 0.25) is 0 Å². The number of pyridine rings is 1. The number of benzene rings is 1. The molecule has 2 rings (SSSR count). The van der Waals surface area contributed by atoms with Crippen LogP contribution in [-0.4, -0.2) is 16.0 Å². The first-order valence-corrected chi connectivity index (χ1v) is 6.60. The van der Waals surface area contributed by atoms with Crippen molar-refractivity contribution < 1.29 is 9.90 Å². The second kappa shape index (κ2) is 6.36. The molecule has 0 saturated heterocycles. The molecule has 0 atom stereocenters. The maximum atomic E-state index is 10.9. The van der Waals surface area contributed by atoms with E-state index < -0.39 is 0 Å². The zero-order valence-electron chi connectivity index (χ0n) is 10.5. The summed E-state index contributed by atoms with van der Waals surface area (Å²) in [6.45, 7) is 1.48. The molecule has 98 valence electrons. The molecule has 0 spiro atoms. The van der Waals surface area contributed by atoms with Gasteiger partial charge in [0.15, 0.2) is 0 Å². The normalized spacial score (nSPS) is 10.2. The van der Waals surface area contributed by atoms with E-state index in [1.54, 1.807) is 6.20 Å². The molecule has 1 aromatic heterocycles. The summed E-state index contributed by atoms with van der Waals surface area (Å²) >= 11 is 1.53. The van der Waals surface area contributed by atoms with Crippen LogP contribution in [-0.2, 0) is 11.4 Å². The van der Waals surface area contributed by atoms with Gasteiger partial charge in [0.1, 0.15) is 5.03 Å². The Morgan fingerprint density at radius 1 is 1.26 bits per heavy atom. The molecule has 0 saturated carbocycles. The number of carbonyl (C=O) groups excluding carboxylic acids is 1. The number of nitrogens with zero attached hydrogens (tertiary/aromatic N) is 1. The van der Waals surface area contributed by atoms with Gasteiger partial charge in [0, 0.05) is 23.7 Å². The van der Waals surface area contributed by atoms with Gasteiger partial charge in [-0.3, -0.25) is 4.79 Å². The SMILES string of the molecule is CC(=O)Nc1ccc(Sc2ccc(CO)cn2)cc1. The van der Waals surface area contributed by atoms with Gasteiger partial charge in [-0.15, -0.1) is 0 Å². The summed E-state index contributed by atoms with van der Waals surface area (Å²) in [4.78, 5) is 16.2. The monoisotopic (exact) mass is 274 g/mol. The molecule has 19 heavy (non-hydrogen) atoms. The Kier molecular flexibility index (Phi) is 4.54. The standard InChI is InChI=1S/C14H14N2O2S/c1-10(18)16-12-3-5-13(6-4-12)19-14-7-2-11(9-17)8-15-14/h2-8,17H,9H2,1H3,(H,16,18). The molecule has 0 bridgehead atoms. The molecular formula is C14H14N2O2S. The maximum Gasteiger partial charge on any atom is 0.221 e. The zero-order chi connectivity index (χ0) is 13.7. The summed E-state index contributed by atoms with van der Waals surface area (Å²) in [5, 5.41) is 12.5. The van der Waals surface area contributed by atoms with Crippen LogP contribution >= 0.6 is 11.8 Å². The van der Waals surface area contributed by atoms with Crippen molar-refractivity contribution in [3.8, 4) is 0 Å². The average molecular weight is 274 g/mol. The number of anilines is 1. The number of aromatic nitrogens is 1. The minimum atomic E-state index is -0.0818. The third-order valence-corrected chi connectivity index (χ3v) is 3.34. The van der Waals surface area contributed by atoms with Gasteiger partial charge in [-0.1, -0.05) is 17.8 Å². The van der Waals surface area contributed by atoms with Crippen LogP contribution < -0.4 is 5.32 Å². The molecule has 0 aliphatic rings. The van der Waals surface area contributed by atoms with Crippen molar-refractivity contribution in [2.75, 3.05) is 5.32 Å². The highest BCUT2D eigenvalue weighted by Crippen LogP contribution is 2.27. The highest BCUT2D eigenvalue weighted by atomic mass is 32.2. The number of nitrogens with one attached hydrogen (secondary N) is 1. The third kappa shape index (κ3) is 4.08. The van der Waals surface area contributed by atoms with Crippen LogP contribution in [0.4, 0.5) is 5.69 Å². The summed E-state index contributed by atoms with van der Waals surface area (Å²) in [7, 11) is 0. The smallest absolute Gasteiger partial charge is 0.221 e. The van der Waals surface area contributed by atoms with Crippen LogP contribution in [0.5, 0.6) is 0 Å². The predicted octanol–water partition coefficient (Wildman–Crippen LogP) is 2.68. The van der Waals surface area contributed by atoms with Crippen LogP contribution in [0.15, 0.2) is 52.5 Å². The zero-order valence-corrected chi connectivity index (χ0v) is 11.3. The second-order valence-electron chi connectivity index (χ2n) is 3.97. The molecule has 1 amide bonds. The quantitative estimate of drug-likeness (QED) is 0.899. The first-order valence-electron chi connectivity index (χ1n) is 5.78. The topological polar surface area (TPSA) is 62.2 Å². The fraction of sp³-hybridized carbons (Fsp3) is 0.143. The Bertz CT molecular complexity index is 553. The number of amides is 1. The van der Waals surface area contributed by atoms with E-state index in [0.29, 0.717) is 0 Å². The van der Waals surface area contributed by atoms with Crippen molar-refractivity contribution in [3.63, 3.8) is 0 Å². The van der Waals surface area contributed by atoms with E-state index in [2.05, 4.69) is 10.3 Å². The number of aliphatic hydroxyl groups is 1. The number of rotatable bonds is 4. The first kappa shape index (κ1) is 13.6. The van der Waals surface area contributed by atoms with E-state index >= 15 is 0 Å². The van der Waals surface area contributed by atoms with Crippen LogP contribution in [0, 0.1) is 0 Å². The number of hydrogen-bond acceptors (Lipinski definition) is 4. The van der Waals surface area contributed by atoms with Crippen LogP contribution in [0.3, 0.4) is 0 Å². The van der Waals surface area contributed by atoms with Crippen LogP contribution in [0.1, 0.15) is 12.5 Å². The van der Waals surface area contributed by atoms with Gasteiger partial charge in [-0.2, -0.15) is 0 Å². The summed E-state index contributed by atoms with van der Waals surface area (Å²) in [6.07, 6.45) is 1.66. The maximum absolute atomic E-state index is 10.9. The van der Waals surface area contributed by atoms with E-state index in [4.69, 9.17) is 5.11 Å². The molecule has 0 aliphatic carbocycles. The van der Waals surface area contributed by atoms with Crippen molar-refractivity contribution in [2.45, 2.75) is 23.5 Å². The van der Waals surface area contributed by atoms with Gasteiger partial charge in [0.2, 0.25) is 5.91 Å². The molecule has 0 unspecified atom stereocenters. The van der Waals surface area contributed by atoms with E-state index in [-0.39, 0.29) is 12.5 Å². The molecular weight excluding hydrogens is 260 g/mol. The van der Waals surface area contributed by atoms with Gasteiger partial charge in [0.25, 0.3) is 0 Å². The molecule has 0 aliphatic heterocycles. The summed E-state index contributed by atoms with van der Waals surface area (Å²) in [5.74, 6) is -0.0818. The molecule has 5 heteroatoms. The molecule has 1 heterocycles. The van der Waals surface area contributed by atoms with Gasteiger partial charge in [-0.25, -0.2) is 4.98 Å². The summed E-state index contributed by atoms with van der Waals surface area (Å²) in [5.41, 5.74) is 1.57. The second-order valence-corrected chi connectivity index (χ2v) is 5.06.